The lowest BCUT2D eigenvalue weighted by Gasteiger charge is -2.16. The molecule has 0 fully saturated rings. The van der Waals surface area contributed by atoms with E-state index >= 15 is 0 Å². The van der Waals surface area contributed by atoms with Crippen molar-refractivity contribution in [2.75, 3.05) is 13.6 Å². The maximum Gasteiger partial charge on any atom is 0.254 e. The van der Waals surface area contributed by atoms with Gasteiger partial charge in [0.25, 0.3) is 5.91 Å². The van der Waals surface area contributed by atoms with Crippen molar-refractivity contribution in [3.8, 4) is 0 Å². The molecular formula is C11H14FN3O2. The van der Waals surface area contributed by atoms with E-state index in [1.165, 1.54) is 30.1 Å². The fraction of sp³-hybridized carbons (Fsp3) is 0.273. The zero-order valence-electron chi connectivity index (χ0n) is 9.64. The maximum atomic E-state index is 13.3. The van der Waals surface area contributed by atoms with Crippen molar-refractivity contribution in [2.45, 2.75) is 6.92 Å². The maximum absolute atomic E-state index is 13.3. The molecule has 0 spiro atoms. The molecular weight excluding hydrogens is 225 g/mol. The quantitative estimate of drug-likeness (QED) is 0.357. The first-order valence-corrected chi connectivity index (χ1v) is 4.93. The Hall–Kier alpha value is -2.11. The van der Waals surface area contributed by atoms with Gasteiger partial charge in [-0.15, -0.1) is 0 Å². The Morgan fingerprint density at radius 2 is 2.24 bits per heavy atom. The van der Waals surface area contributed by atoms with Crippen molar-refractivity contribution in [1.82, 2.24) is 4.90 Å². The normalized spacial score (nSPS) is 11.4. The summed E-state index contributed by atoms with van der Waals surface area (Å²) in [5, 5.41) is 11.1. The molecule has 0 aliphatic rings. The molecule has 3 N–H and O–H groups in total. The zero-order valence-corrected chi connectivity index (χ0v) is 9.64. The third-order valence-electron chi connectivity index (χ3n) is 2.29. The number of rotatable bonds is 3. The Balaban J connectivity index is 2.85. The Kier molecular flexibility index (Phi) is 4.03. The second-order valence-electron chi connectivity index (χ2n) is 3.72. The minimum Gasteiger partial charge on any atom is -0.409 e. The molecule has 0 unspecified atom stereocenters. The molecule has 1 amide bonds. The van der Waals surface area contributed by atoms with Crippen molar-refractivity contribution in [1.29, 1.82) is 0 Å². The van der Waals surface area contributed by atoms with Gasteiger partial charge in [0, 0.05) is 12.6 Å². The summed E-state index contributed by atoms with van der Waals surface area (Å²) in [5.74, 6) is -0.919. The van der Waals surface area contributed by atoms with Gasteiger partial charge < -0.3 is 15.8 Å². The van der Waals surface area contributed by atoms with Crippen LogP contribution in [0.15, 0.2) is 23.4 Å². The van der Waals surface area contributed by atoms with E-state index < -0.39 is 11.7 Å². The molecule has 1 aromatic rings. The minimum absolute atomic E-state index is 0.0230. The van der Waals surface area contributed by atoms with Crippen LogP contribution in [0.3, 0.4) is 0 Å². The molecule has 5 nitrogen and oxygen atoms in total. The minimum atomic E-state index is -0.437. The van der Waals surface area contributed by atoms with Gasteiger partial charge in [0.1, 0.15) is 5.82 Å². The molecule has 92 valence electrons. The molecule has 0 aromatic heterocycles. The third-order valence-corrected chi connectivity index (χ3v) is 2.29. The van der Waals surface area contributed by atoms with Crippen LogP contribution in [0.1, 0.15) is 15.9 Å². The largest absolute Gasteiger partial charge is 0.409 e. The summed E-state index contributed by atoms with van der Waals surface area (Å²) in [6, 6.07) is 4.23. The van der Waals surface area contributed by atoms with Gasteiger partial charge in [-0.1, -0.05) is 11.2 Å². The van der Waals surface area contributed by atoms with E-state index in [1.807, 2.05) is 0 Å². The number of amidine groups is 1. The Morgan fingerprint density at radius 3 is 2.76 bits per heavy atom. The van der Waals surface area contributed by atoms with E-state index in [0.29, 0.717) is 5.56 Å². The van der Waals surface area contributed by atoms with E-state index in [4.69, 9.17) is 10.9 Å². The van der Waals surface area contributed by atoms with Gasteiger partial charge in [0.15, 0.2) is 5.84 Å². The average molecular weight is 239 g/mol. The number of likely N-dealkylation sites (N-methyl/N-ethyl adjacent to an activating group) is 1. The summed E-state index contributed by atoms with van der Waals surface area (Å²) in [4.78, 5) is 13.1. The lowest BCUT2D eigenvalue weighted by atomic mass is 10.1. The molecule has 0 atom stereocenters. The summed E-state index contributed by atoms with van der Waals surface area (Å²) >= 11 is 0. The smallest absolute Gasteiger partial charge is 0.254 e. The van der Waals surface area contributed by atoms with E-state index in [2.05, 4.69) is 5.16 Å². The van der Waals surface area contributed by atoms with Crippen LogP contribution in [0.4, 0.5) is 4.39 Å². The van der Waals surface area contributed by atoms with E-state index in [-0.39, 0.29) is 17.9 Å². The van der Waals surface area contributed by atoms with Gasteiger partial charge in [-0.2, -0.15) is 0 Å². The highest BCUT2D eigenvalue weighted by Gasteiger charge is 2.14. The number of carbonyl (C=O) groups excluding carboxylic acids is 1. The van der Waals surface area contributed by atoms with E-state index in [0.717, 1.165) is 0 Å². The summed E-state index contributed by atoms with van der Waals surface area (Å²) < 4.78 is 13.3. The van der Waals surface area contributed by atoms with Crippen LogP contribution in [-0.2, 0) is 0 Å². The molecule has 0 bridgehead atoms. The average Bonchev–Trinajstić information content (AvgIpc) is 2.31. The predicted molar refractivity (Wildman–Crippen MR) is 61.5 cm³/mol. The Bertz CT molecular complexity index is 460. The number of nitrogens with two attached hydrogens (primary N) is 1. The number of carbonyl (C=O) groups is 1. The van der Waals surface area contributed by atoms with Gasteiger partial charge in [-0.25, -0.2) is 4.39 Å². The highest BCUT2D eigenvalue weighted by Crippen LogP contribution is 2.10. The monoisotopic (exact) mass is 239 g/mol. The fourth-order valence-corrected chi connectivity index (χ4v) is 1.29. The number of halogens is 1. The predicted octanol–water partition coefficient (Wildman–Crippen LogP) is 0.953. The van der Waals surface area contributed by atoms with Gasteiger partial charge in [-0.05, 0) is 24.6 Å². The first-order valence-electron chi connectivity index (χ1n) is 4.93. The highest BCUT2D eigenvalue weighted by atomic mass is 19.1. The lowest BCUT2D eigenvalue weighted by molar-refractivity contribution is 0.0813. The first-order chi connectivity index (χ1) is 7.95. The van der Waals surface area contributed by atoms with Gasteiger partial charge in [0.05, 0.1) is 6.54 Å². The van der Waals surface area contributed by atoms with Crippen LogP contribution >= 0.6 is 0 Å². The third kappa shape index (κ3) is 3.17. The standard InChI is InChI=1S/C11H14FN3O2/c1-7-3-4-8(5-9(7)12)11(16)15(2)6-10(13)14-17/h3-5,17H,6H2,1-2H3,(H2,13,14). The highest BCUT2D eigenvalue weighted by molar-refractivity contribution is 5.96. The van der Waals surface area contributed by atoms with E-state index in [1.54, 1.807) is 6.92 Å². The molecule has 0 aliphatic heterocycles. The molecule has 1 aromatic carbocycles. The van der Waals surface area contributed by atoms with Crippen LogP contribution in [0.5, 0.6) is 0 Å². The number of hydrogen-bond donors (Lipinski definition) is 2. The first kappa shape index (κ1) is 13.0. The molecule has 0 heterocycles. The van der Waals surface area contributed by atoms with Crippen LogP contribution in [0, 0.1) is 12.7 Å². The molecule has 6 heteroatoms. The topological polar surface area (TPSA) is 78.9 Å². The second kappa shape index (κ2) is 5.29. The van der Waals surface area contributed by atoms with Gasteiger partial charge in [-0.3, -0.25) is 4.79 Å². The molecule has 0 saturated carbocycles. The SMILES string of the molecule is Cc1ccc(C(=O)N(C)CC(N)=NO)cc1F. The van der Waals surface area contributed by atoms with Crippen LogP contribution in [-0.4, -0.2) is 35.4 Å². The second-order valence-corrected chi connectivity index (χ2v) is 3.72. The Morgan fingerprint density at radius 1 is 1.59 bits per heavy atom. The molecule has 0 saturated heterocycles. The number of oxime groups is 1. The van der Waals surface area contributed by atoms with Crippen LogP contribution in [0.25, 0.3) is 0 Å². The number of nitrogens with zero attached hydrogens (tertiary/aromatic N) is 2. The number of benzene rings is 1. The molecule has 1 rings (SSSR count). The molecule has 0 aliphatic carbocycles. The van der Waals surface area contributed by atoms with E-state index in [9.17, 15) is 9.18 Å². The summed E-state index contributed by atoms with van der Waals surface area (Å²) in [6.07, 6.45) is 0. The summed E-state index contributed by atoms with van der Waals surface area (Å²) in [7, 11) is 1.48. The number of hydrogen-bond acceptors (Lipinski definition) is 3. The van der Waals surface area contributed by atoms with Crippen LogP contribution < -0.4 is 5.73 Å². The molecule has 17 heavy (non-hydrogen) atoms. The number of aryl methyl sites for hydroxylation is 1. The van der Waals surface area contributed by atoms with Crippen molar-refractivity contribution in [3.05, 3.63) is 35.1 Å². The van der Waals surface area contributed by atoms with Crippen molar-refractivity contribution < 1.29 is 14.4 Å². The van der Waals surface area contributed by atoms with Crippen LogP contribution in [0.2, 0.25) is 0 Å². The summed E-state index contributed by atoms with van der Waals surface area (Å²) in [5.41, 5.74) is 5.97. The summed E-state index contributed by atoms with van der Waals surface area (Å²) in [6.45, 7) is 1.59. The molecule has 0 radical (unpaired) electrons. The van der Waals surface area contributed by atoms with Gasteiger partial charge in [0.2, 0.25) is 0 Å². The Labute approximate surface area is 98.3 Å². The fourth-order valence-electron chi connectivity index (χ4n) is 1.29. The van der Waals surface area contributed by atoms with Crippen molar-refractivity contribution in [3.63, 3.8) is 0 Å². The van der Waals surface area contributed by atoms with Gasteiger partial charge >= 0.3 is 0 Å². The number of amides is 1. The van der Waals surface area contributed by atoms with Crippen molar-refractivity contribution >= 4 is 11.7 Å². The zero-order chi connectivity index (χ0) is 13.0. The van der Waals surface area contributed by atoms with Crippen molar-refractivity contribution in [2.24, 2.45) is 10.9 Å². The lowest BCUT2D eigenvalue weighted by Crippen LogP contribution is -2.35.